The Kier molecular flexibility index (Phi) is 9.61. The van der Waals surface area contributed by atoms with Gasteiger partial charge in [-0.05, 0) is 50.8 Å². The highest BCUT2D eigenvalue weighted by atomic mass is 16.6. The molecule has 0 spiro atoms. The largest absolute Gasteiger partial charge is 0.508 e. The summed E-state index contributed by atoms with van der Waals surface area (Å²) in [5, 5.41) is 24.2. The fourth-order valence-electron chi connectivity index (χ4n) is 3.14. The third-order valence-electron chi connectivity index (χ3n) is 4.74. The summed E-state index contributed by atoms with van der Waals surface area (Å²) in [6.07, 6.45) is 9.86. The first-order valence-electron chi connectivity index (χ1n) is 10.5. The quantitative estimate of drug-likeness (QED) is 0.421. The fourth-order valence-corrected chi connectivity index (χ4v) is 3.14. The van der Waals surface area contributed by atoms with Crippen molar-refractivity contribution in [2.45, 2.75) is 39.5 Å². The van der Waals surface area contributed by atoms with Gasteiger partial charge in [-0.15, -0.1) is 0 Å². The number of nitrogens with zero attached hydrogens (tertiary/aromatic N) is 2. The Hall–Kier alpha value is -3.29. The molecule has 1 heterocycles. The molecule has 2 N–H and O–H groups in total. The van der Waals surface area contributed by atoms with E-state index < -0.39 is 5.97 Å². The number of allylic oxidation sites excluding steroid dienone is 3. The number of fused-ring (bicyclic) bond motifs is 1. The van der Waals surface area contributed by atoms with Crippen LogP contribution in [0.2, 0.25) is 0 Å². The molecule has 0 aliphatic carbocycles. The highest BCUT2D eigenvalue weighted by Gasteiger charge is 2.20. The number of likely N-dealkylation sites (N-methyl/N-ethyl adjacent to an activating group) is 1. The van der Waals surface area contributed by atoms with Gasteiger partial charge in [-0.25, -0.2) is 4.79 Å². The second-order valence-electron chi connectivity index (χ2n) is 6.97. The maximum atomic E-state index is 12.5. The summed E-state index contributed by atoms with van der Waals surface area (Å²) < 4.78 is 5.26. The molecule has 1 aliphatic heterocycles. The molecule has 0 bridgehead atoms. The van der Waals surface area contributed by atoms with Crippen LogP contribution in [0.4, 0.5) is 0 Å². The molecular formula is C23H30N2O6. The maximum Gasteiger partial charge on any atom is 0.342 e. The van der Waals surface area contributed by atoms with Crippen LogP contribution in [-0.4, -0.2) is 59.0 Å². The van der Waals surface area contributed by atoms with Crippen LogP contribution in [0.25, 0.3) is 0 Å². The highest BCUT2D eigenvalue weighted by Crippen LogP contribution is 2.29. The van der Waals surface area contributed by atoms with Crippen molar-refractivity contribution in [3.8, 4) is 11.5 Å². The first-order chi connectivity index (χ1) is 15.0. The second kappa shape index (κ2) is 12.4. The van der Waals surface area contributed by atoms with Gasteiger partial charge in [-0.3, -0.25) is 4.79 Å². The number of cyclic esters (lactones) is 1. The van der Waals surface area contributed by atoms with E-state index in [1.807, 2.05) is 32.1 Å². The maximum absolute atomic E-state index is 12.5. The number of carbonyl (C=O) groups is 2. The summed E-state index contributed by atoms with van der Waals surface area (Å²) in [7, 11) is 0. The number of amides is 1. The summed E-state index contributed by atoms with van der Waals surface area (Å²) in [5.74, 6) is -1.42. The van der Waals surface area contributed by atoms with Crippen LogP contribution < -0.4 is 0 Å². The monoisotopic (exact) mass is 430 g/mol. The average Bonchev–Trinajstić information content (AvgIpc) is 2.72. The number of carbonyl (C=O) groups excluding carboxylic acids is 2. The second-order valence-corrected chi connectivity index (χ2v) is 6.97. The van der Waals surface area contributed by atoms with Gasteiger partial charge < -0.3 is 24.7 Å². The highest BCUT2D eigenvalue weighted by molar-refractivity contribution is 6.00. The number of ether oxygens (including phenoxy) is 1. The Morgan fingerprint density at radius 3 is 2.58 bits per heavy atom. The molecule has 0 saturated heterocycles. The van der Waals surface area contributed by atoms with Crippen LogP contribution in [0.1, 0.15) is 49.0 Å². The van der Waals surface area contributed by atoms with E-state index in [2.05, 4.69) is 5.16 Å². The van der Waals surface area contributed by atoms with Crippen molar-refractivity contribution in [3.05, 3.63) is 47.6 Å². The molecule has 31 heavy (non-hydrogen) atoms. The van der Waals surface area contributed by atoms with Crippen LogP contribution in [0, 0.1) is 0 Å². The van der Waals surface area contributed by atoms with Crippen LogP contribution in [-0.2, 0) is 20.8 Å². The number of rotatable bonds is 5. The lowest BCUT2D eigenvalue weighted by Gasteiger charge is -2.17. The van der Waals surface area contributed by atoms with E-state index in [4.69, 9.17) is 9.57 Å². The fraction of sp³-hybridized carbons (Fsp3) is 0.435. The van der Waals surface area contributed by atoms with Gasteiger partial charge in [0.15, 0.2) is 6.61 Å². The number of oxime groups is 1. The van der Waals surface area contributed by atoms with Gasteiger partial charge in [0.2, 0.25) is 0 Å². The molecule has 1 aromatic rings. The van der Waals surface area contributed by atoms with Gasteiger partial charge in [0.05, 0.1) is 12.3 Å². The molecule has 168 valence electrons. The molecule has 0 aromatic heterocycles. The SMILES string of the molecule is CCN(CC)C(=O)CO/N=C1\C=C\CC/C=C/CCOC(=O)c2c(O)cc(O)cc2C1. The molecule has 0 atom stereocenters. The van der Waals surface area contributed by atoms with E-state index in [9.17, 15) is 19.8 Å². The van der Waals surface area contributed by atoms with Gasteiger partial charge in [0.1, 0.15) is 17.1 Å². The Labute approximate surface area is 182 Å². The number of phenolic OH excluding ortho intramolecular Hbond substituents is 2. The normalized spacial score (nSPS) is 18.4. The van der Waals surface area contributed by atoms with Crippen molar-refractivity contribution < 1.29 is 29.4 Å². The van der Waals surface area contributed by atoms with Gasteiger partial charge in [0.25, 0.3) is 5.91 Å². The molecule has 1 amide bonds. The number of benzene rings is 1. The summed E-state index contributed by atoms with van der Waals surface area (Å²) in [5.41, 5.74) is 0.753. The Balaban J connectivity index is 2.31. The standard InChI is InChI=1S/C23H30N2O6/c1-3-25(4-2)21(28)16-31-24-18-11-9-7-5-6-8-10-12-30-23(29)22-17(13-18)14-19(26)15-20(22)27/h6,8-9,11,14-15,26-27H,3-5,7,10,12-13,16H2,1-2H3/b8-6+,11-9+,24-18+. The number of aromatic hydroxyl groups is 2. The lowest BCUT2D eigenvalue weighted by Crippen LogP contribution is -2.33. The lowest BCUT2D eigenvalue weighted by atomic mass is 10.00. The van der Waals surface area contributed by atoms with Gasteiger partial charge >= 0.3 is 5.97 Å². The zero-order valence-corrected chi connectivity index (χ0v) is 18.0. The van der Waals surface area contributed by atoms with Crippen molar-refractivity contribution in [1.82, 2.24) is 4.90 Å². The molecule has 2 rings (SSSR count). The number of esters is 1. The van der Waals surface area contributed by atoms with Gasteiger partial charge in [0, 0.05) is 25.6 Å². The average molecular weight is 431 g/mol. The molecule has 8 nitrogen and oxygen atoms in total. The van der Waals surface area contributed by atoms with Crippen molar-refractivity contribution in [2.75, 3.05) is 26.3 Å². The minimum absolute atomic E-state index is 0.0286. The van der Waals surface area contributed by atoms with Crippen LogP contribution in [0.5, 0.6) is 11.5 Å². The Morgan fingerprint density at radius 1 is 1.13 bits per heavy atom. The minimum Gasteiger partial charge on any atom is -0.508 e. The third-order valence-corrected chi connectivity index (χ3v) is 4.74. The first-order valence-corrected chi connectivity index (χ1v) is 10.5. The summed E-state index contributed by atoms with van der Waals surface area (Å²) in [6, 6.07) is 2.47. The molecule has 0 unspecified atom stereocenters. The molecule has 8 heteroatoms. The van der Waals surface area contributed by atoms with E-state index in [0.717, 1.165) is 18.9 Å². The predicted molar refractivity (Wildman–Crippen MR) is 117 cm³/mol. The van der Waals surface area contributed by atoms with Crippen molar-refractivity contribution in [1.29, 1.82) is 0 Å². The number of phenols is 2. The van der Waals surface area contributed by atoms with Crippen molar-refractivity contribution in [3.63, 3.8) is 0 Å². The van der Waals surface area contributed by atoms with Crippen LogP contribution in [0.3, 0.4) is 0 Å². The van der Waals surface area contributed by atoms with Crippen molar-refractivity contribution >= 4 is 17.6 Å². The number of hydrogen-bond donors (Lipinski definition) is 2. The zero-order valence-electron chi connectivity index (χ0n) is 18.0. The summed E-state index contributed by atoms with van der Waals surface area (Å²) in [4.78, 5) is 31.6. The first kappa shape index (κ1) is 24.0. The molecule has 0 saturated carbocycles. The Morgan fingerprint density at radius 2 is 1.84 bits per heavy atom. The van der Waals surface area contributed by atoms with E-state index in [1.54, 1.807) is 11.0 Å². The van der Waals surface area contributed by atoms with Crippen molar-refractivity contribution in [2.24, 2.45) is 5.16 Å². The molecular weight excluding hydrogens is 400 g/mol. The molecule has 0 radical (unpaired) electrons. The minimum atomic E-state index is -0.682. The summed E-state index contributed by atoms with van der Waals surface area (Å²) in [6.45, 7) is 4.91. The zero-order chi connectivity index (χ0) is 22.6. The molecule has 0 fully saturated rings. The van der Waals surface area contributed by atoms with Crippen LogP contribution >= 0.6 is 0 Å². The van der Waals surface area contributed by atoms with Gasteiger partial charge in [-0.1, -0.05) is 23.4 Å². The number of hydrogen-bond acceptors (Lipinski definition) is 7. The topological polar surface area (TPSA) is 109 Å². The van der Waals surface area contributed by atoms with Crippen LogP contribution in [0.15, 0.2) is 41.6 Å². The smallest absolute Gasteiger partial charge is 0.342 e. The van der Waals surface area contributed by atoms with E-state index >= 15 is 0 Å². The van der Waals surface area contributed by atoms with E-state index in [0.29, 0.717) is 30.8 Å². The van der Waals surface area contributed by atoms with E-state index in [-0.39, 0.29) is 42.6 Å². The summed E-state index contributed by atoms with van der Waals surface area (Å²) >= 11 is 0. The predicted octanol–water partition coefficient (Wildman–Crippen LogP) is 3.33. The Bertz CT molecular complexity index is 856. The molecule has 1 aromatic carbocycles. The molecule has 1 aliphatic rings. The third kappa shape index (κ3) is 7.47. The van der Waals surface area contributed by atoms with E-state index in [1.165, 1.54) is 6.07 Å². The lowest BCUT2D eigenvalue weighted by molar-refractivity contribution is -0.135. The van der Waals surface area contributed by atoms with Gasteiger partial charge in [-0.2, -0.15) is 0 Å².